The maximum absolute atomic E-state index is 11.8. The van der Waals surface area contributed by atoms with Crippen molar-refractivity contribution in [1.82, 2.24) is 5.32 Å². The van der Waals surface area contributed by atoms with Gasteiger partial charge in [-0.15, -0.1) is 0 Å². The first-order chi connectivity index (χ1) is 8.18. The van der Waals surface area contributed by atoms with E-state index >= 15 is 0 Å². The summed E-state index contributed by atoms with van der Waals surface area (Å²) in [6.45, 7) is 0.833. The molecule has 0 aromatic heterocycles. The Morgan fingerprint density at radius 3 is 2.71 bits per heavy atom. The quantitative estimate of drug-likeness (QED) is 0.809. The lowest BCUT2D eigenvalue weighted by atomic mass is 9.94. The number of thioether (sulfide) groups is 1. The van der Waals surface area contributed by atoms with Crippen LogP contribution in [-0.2, 0) is 4.79 Å². The summed E-state index contributed by atoms with van der Waals surface area (Å²) in [7, 11) is 0. The topological polar surface area (TPSA) is 55.1 Å². The van der Waals surface area contributed by atoms with Gasteiger partial charge in [0.05, 0.1) is 0 Å². The van der Waals surface area contributed by atoms with E-state index in [9.17, 15) is 4.79 Å². The lowest BCUT2D eigenvalue weighted by Crippen LogP contribution is -2.43. The van der Waals surface area contributed by atoms with Crippen molar-refractivity contribution in [2.24, 2.45) is 5.73 Å². The van der Waals surface area contributed by atoms with Crippen LogP contribution in [0.15, 0.2) is 0 Å². The predicted octanol–water partition coefficient (Wildman–Crippen LogP) is 2.05. The van der Waals surface area contributed by atoms with Gasteiger partial charge in [-0.2, -0.15) is 11.8 Å². The largest absolute Gasteiger partial charge is 0.355 e. The summed E-state index contributed by atoms with van der Waals surface area (Å²) in [6, 6.07) is 0. The third-order valence-electron chi connectivity index (χ3n) is 3.91. The number of carbonyl (C=O) groups is 1. The summed E-state index contributed by atoms with van der Waals surface area (Å²) in [4.78, 5) is 11.8. The molecular weight excluding hydrogens is 232 g/mol. The Hall–Kier alpha value is -0.220. The molecule has 17 heavy (non-hydrogen) atoms. The van der Waals surface area contributed by atoms with Crippen molar-refractivity contribution in [2.75, 3.05) is 12.3 Å². The second-order valence-electron chi connectivity index (χ2n) is 5.54. The number of amides is 1. The molecule has 1 saturated carbocycles. The summed E-state index contributed by atoms with van der Waals surface area (Å²) >= 11 is 2.00. The number of rotatable bonds is 4. The lowest BCUT2D eigenvalue weighted by Gasteiger charge is -2.25. The van der Waals surface area contributed by atoms with Gasteiger partial charge < -0.3 is 11.1 Å². The fourth-order valence-corrected chi connectivity index (χ4v) is 4.07. The zero-order valence-corrected chi connectivity index (χ0v) is 11.4. The zero-order chi connectivity index (χ0) is 12.1. The van der Waals surface area contributed by atoms with Crippen LogP contribution < -0.4 is 11.1 Å². The molecule has 1 aliphatic heterocycles. The van der Waals surface area contributed by atoms with Crippen LogP contribution in [0.4, 0.5) is 0 Å². The first kappa shape index (κ1) is 13.2. The molecule has 0 aromatic carbocycles. The average molecular weight is 256 g/mol. The van der Waals surface area contributed by atoms with Gasteiger partial charge in [-0.25, -0.2) is 0 Å². The van der Waals surface area contributed by atoms with Crippen LogP contribution in [0, 0.1) is 0 Å². The van der Waals surface area contributed by atoms with Crippen molar-refractivity contribution in [1.29, 1.82) is 0 Å². The Bertz CT molecular complexity index is 258. The van der Waals surface area contributed by atoms with Crippen LogP contribution in [0.5, 0.6) is 0 Å². The SMILES string of the molecule is NC1(CC(=O)NCC2CCCCS2)CCCC1. The van der Waals surface area contributed by atoms with Crippen molar-refractivity contribution in [2.45, 2.75) is 62.2 Å². The van der Waals surface area contributed by atoms with Crippen LogP contribution >= 0.6 is 11.8 Å². The minimum absolute atomic E-state index is 0.153. The van der Waals surface area contributed by atoms with Crippen LogP contribution in [-0.4, -0.2) is 29.0 Å². The molecule has 2 aliphatic rings. The molecule has 1 unspecified atom stereocenters. The molecule has 3 nitrogen and oxygen atoms in total. The van der Waals surface area contributed by atoms with Gasteiger partial charge in [-0.05, 0) is 31.4 Å². The highest BCUT2D eigenvalue weighted by Crippen LogP contribution is 2.30. The van der Waals surface area contributed by atoms with E-state index in [0.717, 1.165) is 19.4 Å². The predicted molar refractivity (Wildman–Crippen MR) is 73.1 cm³/mol. The maximum atomic E-state index is 11.8. The molecule has 3 N–H and O–H groups in total. The van der Waals surface area contributed by atoms with Crippen LogP contribution in [0.1, 0.15) is 51.4 Å². The Kier molecular flexibility index (Phi) is 4.74. The average Bonchev–Trinajstić information content (AvgIpc) is 2.74. The fourth-order valence-electron chi connectivity index (χ4n) is 2.83. The normalized spacial score (nSPS) is 27.9. The Morgan fingerprint density at radius 2 is 2.06 bits per heavy atom. The summed E-state index contributed by atoms with van der Waals surface area (Å²) in [5.41, 5.74) is 6.00. The Morgan fingerprint density at radius 1 is 1.29 bits per heavy atom. The van der Waals surface area contributed by atoms with Crippen molar-refractivity contribution in [3.05, 3.63) is 0 Å². The highest BCUT2D eigenvalue weighted by Gasteiger charge is 2.31. The Labute approximate surface area is 108 Å². The second kappa shape index (κ2) is 6.10. The molecule has 1 atom stereocenters. The molecule has 0 aromatic rings. The number of carbonyl (C=O) groups excluding carboxylic acids is 1. The highest BCUT2D eigenvalue weighted by molar-refractivity contribution is 7.99. The summed E-state index contributed by atoms with van der Waals surface area (Å²) in [6.07, 6.45) is 8.81. The van der Waals surface area contributed by atoms with E-state index in [0.29, 0.717) is 11.7 Å². The van der Waals surface area contributed by atoms with Gasteiger partial charge in [0.2, 0.25) is 5.91 Å². The monoisotopic (exact) mass is 256 g/mol. The molecule has 0 bridgehead atoms. The van der Waals surface area contributed by atoms with Gasteiger partial charge >= 0.3 is 0 Å². The highest BCUT2D eigenvalue weighted by atomic mass is 32.2. The number of hydrogen-bond donors (Lipinski definition) is 2. The van der Waals surface area contributed by atoms with E-state index in [-0.39, 0.29) is 11.4 Å². The van der Waals surface area contributed by atoms with Gasteiger partial charge in [-0.3, -0.25) is 4.79 Å². The molecule has 0 spiro atoms. The minimum Gasteiger partial charge on any atom is -0.355 e. The lowest BCUT2D eigenvalue weighted by molar-refractivity contribution is -0.122. The third kappa shape index (κ3) is 4.18. The van der Waals surface area contributed by atoms with Crippen molar-refractivity contribution < 1.29 is 4.79 Å². The number of nitrogens with two attached hydrogens (primary N) is 1. The molecule has 1 amide bonds. The zero-order valence-electron chi connectivity index (χ0n) is 10.5. The van der Waals surface area contributed by atoms with Crippen molar-refractivity contribution in [3.63, 3.8) is 0 Å². The van der Waals surface area contributed by atoms with Gasteiger partial charge in [0.15, 0.2) is 0 Å². The first-order valence-corrected chi connectivity index (χ1v) is 7.90. The first-order valence-electron chi connectivity index (χ1n) is 6.85. The fraction of sp³-hybridized carbons (Fsp3) is 0.923. The molecule has 1 aliphatic carbocycles. The molecule has 2 rings (SSSR count). The number of nitrogens with one attached hydrogen (secondary N) is 1. The van der Waals surface area contributed by atoms with Gasteiger partial charge in [-0.1, -0.05) is 19.3 Å². The third-order valence-corrected chi connectivity index (χ3v) is 5.31. The Balaban J connectivity index is 1.66. The van der Waals surface area contributed by atoms with Gasteiger partial charge in [0.1, 0.15) is 0 Å². The molecule has 1 heterocycles. The van der Waals surface area contributed by atoms with E-state index < -0.39 is 0 Å². The standard InChI is InChI=1S/C13H24N2OS/c14-13(6-2-3-7-13)9-12(16)15-10-11-5-1-4-8-17-11/h11H,1-10,14H2,(H,15,16). The van der Waals surface area contributed by atoms with Gasteiger partial charge in [0, 0.05) is 23.8 Å². The van der Waals surface area contributed by atoms with E-state index in [1.54, 1.807) is 0 Å². The summed E-state index contributed by atoms with van der Waals surface area (Å²) < 4.78 is 0. The minimum atomic E-state index is -0.205. The van der Waals surface area contributed by atoms with Crippen molar-refractivity contribution >= 4 is 17.7 Å². The van der Waals surface area contributed by atoms with E-state index in [1.807, 2.05) is 11.8 Å². The number of hydrogen-bond acceptors (Lipinski definition) is 3. The maximum Gasteiger partial charge on any atom is 0.221 e. The molecule has 1 saturated heterocycles. The van der Waals surface area contributed by atoms with Crippen LogP contribution in [0.3, 0.4) is 0 Å². The summed E-state index contributed by atoms with van der Waals surface area (Å²) in [5.74, 6) is 1.40. The van der Waals surface area contributed by atoms with Crippen molar-refractivity contribution in [3.8, 4) is 0 Å². The molecular formula is C13H24N2OS. The summed E-state index contributed by atoms with van der Waals surface area (Å²) in [5, 5.41) is 3.69. The van der Waals surface area contributed by atoms with E-state index in [1.165, 1.54) is 37.9 Å². The van der Waals surface area contributed by atoms with E-state index in [2.05, 4.69) is 5.32 Å². The van der Waals surface area contributed by atoms with Crippen LogP contribution in [0.25, 0.3) is 0 Å². The molecule has 98 valence electrons. The van der Waals surface area contributed by atoms with Gasteiger partial charge in [0.25, 0.3) is 0 Å². The molecule has 0 radical (unpaired) electrons. The van der Waals surface area contributed by atoms with Crippen LogP contribution in [0.2, 0.25) is 0 Å². The second-order valence-corrected chi connectivity index (χ2v) is 6.95. The molecule has 4 heteroatoms. The smallest absolute Gasteiger partial charge is 0.221 e. The molecule has 2 fully saturated rings. The van der Waals surface area contributed by atoms with E-state index in [4.69, 9.17) is 5.73 Å².